The van der Waals surface area contributed by atoms with Gasteiger partial charge in [0.15, 0.2) is 0 Å². The van der Waals surface area contributed by atoms with Crippen molar-refractivity contribution in [1.29, 1.82) is 0 Å². The van der Waals surface area contributed by atoms with Crippen LogP contribution in [-0.4, -0.2) is 29.0 Å². The molecule has 31 heavy (non-hydrogen) atoms. The van der Waals surface area contributed by atoms with Gasteiger partial charge in [0.05, 0.1) is 12.2 Å². The van der Waals surface area contributed by atoms with Gasteiger partial charge >= 0.3 is 0 Å². The van der Waals surface area contributed by atoms with Crippen LogP contribution in [0.5, 0.6) is 0 Å². The molecule has 2 atom stereocenters. The number of aliphatic imine (C=N–C) groups is 1. The Labute approximate surface area is 191 Å². The summed E-state index contributed by atoms with van der Waals surface area (Å²) in [5, 5.41) is 11.2. The van der Waals surface area contributed by atoms with Gasteiger partial charge in [-0.15, -0.1) is 0 Å². The first-order valence-corrected chi connectivity index (χ1v) is 12.8. The van der Waals surface area contributed by atoms with E-state index >= 15 is 0 Å². The van der Waals surface area contributed by atoms with Gasteiger partial charge in [0.25, 0.3) is 0 Å². The van der Waals surface area contributed by atoms with E-state index in [1.165, 1.54) is 70.6 Å². The average Bonchev–Trinajstić information content (AvgIpc) is 3.13. The predicted octanol–water partition coefficient (Wildman–Crippen LogP) is 5.56. The highest BCUT2D eigenvalue weighted by Crippen LogP contribution is 2.23. The zero-order valence-electron chi connectivity index (χ0n) is 20.2. The van der Waals surface area contributed by atoms with Crippen LogP contribution in [0.15, 0.2) is 29.5 Å². The molecule has 1 rings (SSSR count). The maximum absolute atomic E-state index is 11.2. The van der Waals surface area contributed by atoms with Crippen LogP contribution < -0.4 is 10.8 Å². The van der Waals surface area contributed by atoms with Gasteiger partial charge in [0.2, 0.25) is 5.84 Å². The summed E-state index contributed by atoms with van der Waals surface area (Å²) in [6.45, 7) is 3.96. The van der Waals surface area contributed by atoms with Crippen molar-refractivity contribution in [2.24, 2.45) is 10.7 Å². The largest absolute Gasteiger partial charge is 0.544 e. The van der Waals surface area contributed by atoms with Crippen molar-refractivity contribution in [1.82, 2.24) is 0 Å². The number of rotatable bonds is 20. The fourth-order valence-electron chi connectivity index (χ4n) is 4.28. The van der Waals surface area contributed by atoms with E-state index in [-0.39, 0.29) is 17.2 Å². The van der Waals surface area contributed by atoms with E-state index in [0.717, 1.165) is 37.9 Å². The molecule has 0 saturated heterocycles. The van der Waals surface area contributed by atoms with Crippen molar-refractivity contribution < 1.29 is 14.4 Å². The highest BCUT2D eigenvalue weighted by Gasteiger charge is 2.38. The van der Waals surface area contributed by atoms with E-state index < -0.39 is 5.97 Å². The topological polar surface area (TPSA) is 78.5 Å². The zero-order valence-corrected chi connectivity index (χ0v) is 20.2. The summed E-state index contributed by atoms with van der Waals surface area (Å²) >= 11 is 0. The molecule has 0 aliphatic carbocycles. The van der Waals surface area contributed by atoms with Crippen molar-refractivity contribution >= 4 is 11.8 Å². The number of unbranched alkanes of at least 4 members (excludes halogenated alkanes) is 13. The molecular weight excluding hydrogens is 386 g/mol. The normalized spacial score (nSPS) is 19.3. The van der Waals surface area contributed by atoms with Crippen molar-refractivity contribution in [2.45, 2.75) is 123 Å². The standard InChI is InChI=1S/C26H47N3O2/c1-3-4-5-6-7-8-9-10-11-12-13-14-15-16-17-18-19-20-25-28-21-22-29(25,24(2)27)23-26(30)31/h14-15,21-22,24H,3-13,16-20,23,27H2,1-2H3/b15-14+. The molecule has 178 valence electrons. The molecule has 5 heteroatoms. The zero-order chi connectivity index (χ0) is 22.8. The lowest BCUT2D eigenvalue weighted by molar-refractivity contribution is -0.808. The summed E-state index contributed by atoms with van der Waals surface area (Å²) in [6, 6.07) is 0. The van der Waals surface area contributed by atoms with Crippen LogP contribution in [0.1, 0.15) is 117 Å². The van der Waals surface area contributed by atoms with Crippen molar-refractivity contribution in [2.75, 3.05) is 6.54 Å². The second-order valence-corrected chi connectivity index (χ2v) is 9.09. The van der Waals surface area contributed by atoms with E-state index in [2.05, 4.69) is 24.1 Å². The molecule has 0 saturated carbocycles. The Hall–Kier alpha value is -1.46. The Morgan fingerprint density at radius 2 is 1.48 bits per heavy atom. The average molecular weight is 434 g/mol. The SMILES string of the molecule is CCCCCCCCCCCC/C=C/CCCCCC1=NC=C[N+]1(CC(=O)[O-])C(C)N. The summed E-state index contributed by atoms with van der Waals surface area (Å²) in [6.07, 6.45) is 28.1. The molecule has 0 bridgehead atoms. The molecule has 0 aromatic rings. The molecule has 1 heterocycles. The molecule has 2 unspecified atom stereocenters. The number of carboxylic acids is 1. The Morgan fingerprint density at radius 3 is 2.00 bits per heavy atom. The number of carboxylic acid groups (broad SMARTS) is 1. The van der Waals surface area contributed by atoms with Gasteiger partial charge in [-0.25, -0.2) is 9.48 Å². The molecule has 0 aromatic carbocycles. The van der Waals surface area contributed by atoms with Gasteiger partial charge in [-0.1, -0.05) is 83.3 Å². The minimum absolute atomic E-state index is 0.0983. The van der Waals surface area contributed by atoms with E-state index in [4.69, 9.17) is 5.73 Å². The van der Waals surface area contributed by atoms with Crippen LogP contribution in [0.4, 0.5) is 0 Å². The second kappa shape index (κ2) is 17.1. The van der Waals surface area contributed by atoms with Gasteiger partial charge in [-0.3, -0.25) is 5.73 Å². The van der Waals surface area contributed by atoms with Crippen LogP contribution in [0, 0.1) is 0 Å². The Bertz CT molecular complexity index is 569. The Morgan fingerprint density at radius 1 is 0.968 bits per heavy atom. The van der Waals surface area contributed by atoms with Gasteiger partial charge < -0.3 is 9.90 Å². The molecule has 5 nitrogen and oxygen atoms in total. The second-order valence-electron chi connectivity index (χ2n) is 9.09. The fraction of sp³-hybridized carbons (Fsp3) is 0.769. The number of hydrogen-bond donors (Lipinski definition) is 1. The number of carbonyl (C=O) groups is 1. The predicted molar refractivity (Wildman–Crippen MR) is 129 cm³/mol. The van der Waals surface area contributed by atoms with Crippen molar-refractivity contribution in [3.63, 3.8) is 0 Å². The van der Waals surface area contributed by atoms with Crippen molar-refractivity contribution in [3.8, 4) is 0 Å². The number of hydrogen-bond acceptors (Lipinski definition) is 4. The number of allylic oxidation sites excluding steroid dienone is 2. The number of quaternary nitrogens is 1. The van der Waals surface area contributed by atoms with E-state index in [0.29, 0.717) is 0 Å². The molecule has 0 amide bonds. The summed E-state index contributed by atoms with van der Waals surface area (Å²) in [5.74, 6) is -0.250. The molecule has 0 radical (unpaired) electrons. The molecule has 1 aliphatic rings. The molecule has 0 aromatic heterocycles. The molecule has 0 spiro atoms. The molecular formula is C26H47N3O2. The number of amidine groups is 1. The molecule has 1 aliphatic heterocycles. The lowest BCUT2D eigenvalue weighted by atomic mass is 10.1. The highest BCUT2D eigenvalue weighted by atomic mass is 16.4. The van der Waals surface area contributed by atoms with Crippen LogP contribution >= 0.6 is 0 Å². The van der Waals surface area contributed by atoms with Gasteiger partial charge in [0, 0.05) is 13.3 Å². The van der Waals surface area contributed by atoms with Crippen molar-refractivity contribution in [3.05, 3.63) is 24.6 Å². The van der Waals surface area contributed by atoms with Gasteiger partial charge in [0.1, 0.15) is 18.9 Å². The summed E-state index contributed by atoms with van der Waals surface area (Å²) in [7, 11) is 0. The summed E-state index contributed by atoms with van der Waals surface area (Å²) < 4.78 is 0.0983. The summed E-state index contributed by atoms with van der Waals surface area (Å²) in [5.41, 5.74) is 6.08. The van der Waals surface area contributed by atoms with Crippen LogP contribution in [0.2, 0.25) is 0 Å². The third kappa shape index (κ3) is 11.6. The molecule has 0 fully saturated rings. The third-order valence-corrected chi connectivity index (χ3v) is 6.32. The fourth-order valence-corrected chi connectivity index (χ4v) is 4.28. The maximum Gasteiger partial charge on any atom is 0.209 e. The van der Waals surface area contributed by atoms with E-state index in [1.807, 2.05) is 6.92 Å². The van der Waals surface area contributed by atoms with Crippen LogP contribution in [0.25, 0.3) is 0 Å². The Balaban J connectivity index is 2.00. The maximum atomic E-state index is 11.2. The first-order chi connectivity index (χ1) is 15.0. The number of nitrogens with zero attached hydrogens (tertiary/aromatic N) is 2. The lowest BCUT2D eigenvalue weighted by Crippen LogP contribution is -2.60. The highest BCUT2D eigenvalue weighted by molar-refractivity contribution is 5.81. The van der Waals surface area contributed by atoms with Gasteiger partial charge in [-0.05, 0) is 32.1 Å². The Kier molecular flexibility index (Phi) is 15.2. The van der Waals surface area contributed by atoms with E-state index in [1.54, 1.807) is 12.4 Å². The number of nitrogens with two attached hydrogens (primary N) is 1. The van der Waals surface area contributed by atoms with E-state index in [9.17, 15) is 9.90 Å². The quantitative estimate of drug-likeness (QED) is 0.155. The lowest BCUT2D eigenvalue weighted by Gasteiger charge is -2.36. The van der Waals surface area contributed by atoms with Crippen LogP contribution in [-0.2, 0) is 4.79 Å². The van der Waals surface area contributed by atoms with Gasteiger partial charge in [-0.2, -0.15) is 0 Å². The monoisotopic (exact) mass is 433 g/mol. The van der Waals surface area contributed by atoms with Crippen LogP contribution in [0.3, 0.4) is 0 Å². The first-order valence-electron chi connectivity index (χ1n) is 12.8. The number of carbonyl (C=O) groups excluding carboxylic acids is 1. The summed E-state index contributed by atoms with van der Waals surface area (Å²) in [4.78, 5) is 15.6. The number of aliphatic carboxylic acids is 1. The third-order valence-electron chi connectivity index (χ3n) is 6.32. The first kappa shape index (κ1) is 27.6. The minimum Gasteiger partial charge on any atom is -0.544 e. The minimum atomic E-state index is -1.09. The molecule has 2 N–H and O–H groups in total. The smallest absolute Gasteiger partial charge is 0.209 e.